The van der Waals surface area contributed by atoms with E-state index >= 15 is 0 Å². The van der Waals surface area contributed by atoms with Crippen molar-refractivity contribution in [1.29, 1.82) is 0 Å². The van der Waals surface area contributed by atoms with E-state index < -0.39 is 6.29 Å². The zero-order valence-electron chi connectivity index (χ0n) is 8.69. The molecule has 1 aliphatic rings. The molecule has 76 valence electrons. The van der Waals surface area contributed by atoms with E-state index in [0.29, 0.717) is 0 Å². The fourth-order valence-corrected chi connectivity index (χ4v) is 1.61. The molecule has 0 fully saturated rings. The Morgan fingerprint density at radius 1 is 1.29 bits per heavy atom. The molecule has 0 radical (unpaired) electrons. The minimum Gasteiger partial charge on any atom is -0.362 e. The van der Waals surface area contributed by atoms with Crippen LogP contribution in [-0.4, -0.2) is 10.6 Å². The van der Waals surface area contributed by atoms with E-state index in [1.54, 1.807) is 5.06 Å². The summed E-state index contributed by atoms with van der Waals surface area (Å²) in [5.74, 6) is 0. The molecule has 1 aromatic rings. The molecule has 0 spiro atoms. The molecule has 0 aromatic heterocycles. The zero-order chi connectivity index (χ0) is 10.3. The largest absolute Gasteiger partial charge is 0.362 e. The number of nitrogens with zero attached hydrogens (tertiary/aromatic N) is 1. The van der Waals surface area contributed by atoms with Gasteiger partial charge in [0.25, 0.3) is 0 Å². The van der Waals surface area contributed by atoms with Crippen LogP contribution in [-0.2, 0) is 4.84 Å². The predicted octanol–water partition coefficient (Wildman–Crippen LogP) is 2.23. The molecule has 0 amide bonds. The van der Waals surface area contributed by atoms with Gasteiger partial charge in [0.2, 0.25) is 6.29 Å². The molecular formula is C11H15NO2. The third kappa shape index (κ3) is 1.38. The van der Waals surface area contributed by atoms with Crippen molar-refractivity contribution in [2.75, 3.05) is 5.06 Å². The summed E-state index contributed by atoms with van der Waals surface area (Å²) < 4.78 is 0. The van der Waals surface area contributed by atoms with E-state index in [4.69, 9.17) is 4.84 Å². The number of hydroxylamine groups is 1. The quantitative estimate of drug-likeness (QED) is 0.685. The average Bonchev–Trinajstić information content (AvgIpc) is 2.44. The summed E-state index contributed by atoms with van der Waals surface area (Å²) >= 11 is 0. The highest BCUT2D eigenvalue weighted by atomic mass is 16.8. The van der Waals surface area contributed by atoms with Crippen LogP contribution in [0.3, 0.4) is 0 Å². The molecule has 1 unspecified atom stereocenters. The minimum atomic E-state index is -0.828. The molecule has 1 aromatic carbocycles. The molecule has 0 bridgehead atoms. The maximum atomic E-state index is 9.65. The number of benzene rings is 1. The topological polar surface area (TPSA) is 32.7 Å². The Kier molecular flexibility index (Phi) is 2.01. The summed E-state index contributed by atoms with van der Waals surface area (Å²) in [5.41, 5.74) is 1.64. The van der Waals surface area contributed by atoms with Gasteiger partial charge in [-0.15, -0.1) is 0 Å². The lowest BCUT2D eigenvalue weighted by atomic mass is 10.1. The molecule has 0 saturated carbocycles. The summed E-state index contributed by atoms with van der Waals surface area (Å²) in [6.45, 7) is 6.13. The first kappa shape index (κ1) is 9.49. The molecule has 3 nitrogen and oxygen atoms in total. The summed E-state index contributed by atoms with van der Waals surface area (Å²) in [7, 11) is 0. The van der Waals surface area contributed by atoms with Gasteiger partial charge in [0, 0.05) is 5.56 Å². The van der Waals surface area contributed by atoms with Crippen molar-refractivity contribution in [3.05, 3.63) is 29.8 Å². The molecule has 1 heterocycles. The Balaban J connectivity index is 2.44. The Hall–Kier alpha value is -1.06. The standard InChI is InChI=1S/C11H15NO2/c1-11(2,3)12-9-7-5-4-6-8(9)10(13)14-12/h4-7,10,13H,1-3H3. The van der Waals surface area contributed by atoms with Crippen molar-refractivity contribution in [3.8, 4) is 0 Å². The second-order valence-corrected chi connectivity index (χ2v) is 4.48. The van der Waals surface area contributed by atoms with E-state index in [9.17, 15) is 5.11 Å². The average molecular weight is 193 g/mol. The van der Waals surface area contributed by atoms with Gasteiger partial charge in [0.05, 0.1) is 11.2 Å². The first-order chi connectivity index (χ1) is 6.50. The van der Waals surface area contributed by atoms with E-state index in [0.717, 1.165) is 11.3 Å². The van der Waals surface area contributed by atoms with Gasteiger partial charge in [0.15, 0.2) is 0 Å². The SMILES string of the molecule is CC(C)(C)N1OC(O)c2ccccc21. The van der Waals surface area contributed by atoms with Crippen molar-refractivity contribution in [2.24, 2.45) is 0 Å². The highest BCUT2D eigenvalue weighted by molar-refractivity contribution is 5.56. The van der Waals surface area contributed by atoms with Crippen LogP contribution >= 0.6 is 0 Å². The molecule has 1 atom stereocenters. The Bertz CT molecular complexity index is 343. The molecule has 0 aliphatic carbocycles. The fraction of sp³-hybridized carbons (Fsp3) is 0.455. The highest BCUT2D eigenvalue weighted by Gasteiger charge is 2.34. The number of para-hydroxylation sites is 1. The second kappa shape index (κ2) is 2.97. The van der Waals surface area contributed by atoms with Crippen LogP contribution in [0.1, 0.15) is 32.6 Å². The van der Waals surface area contributed by atoms with Crippen LogP contribution < -0.4 is 5.06 Å². The van der Waals surface area contributed by atoms with Crippen LogP contribution in [0.2, 0.25) is 0 Å². The van der Waals surface area contributed by atoms with Gasteiger partial charge in [-0.3, -0.25) is 0 Å². The summed E-state index contributed by atoms with van der Waals surface area (Å²) in [4.78, 5) is 5.39. The molecule has 1 N–H and O–H groups in total. The van der Waals surface area contributed by atoms with Crippen molar-refractivity contribution in [2.45, 2.75) is 32.6 Å². The van der Waals surface area contributed by atoms with Crippen LogP contribution in [0, 0.1) is 0 Å². The predicted molar refractivity (Wildman–Crippen MR) is 54.7 cm³/mol. The number of fused-ring (bicyclic) bond motifs is 1. The maximum Gasteiger partial charge on any atom is 0.209 e. The van der Waals surface area contributed by atoms with Crippen molar-refractivity contribution >= 4 is 5.69 Å². The second-order valence-electron chi connectivity index (χ2n) is 4.48. The molecule has 1 aliphatic heterocycles. The lowest BCUT2D eigenvalue weighted by molar-refractivity contribution is -0.111. The van der Waals surface area contributed by atoms with Gasteiger partial charge >= 0.3 is 0 Å². The van der Waals surface area contributed by atoms with E-state index in [2.05, 4.69) is 0 Å². The van der Waals surface area contributed by atoms with Gasteiger partial charge in [0.1, 0.15) is 0 Å². The van der Waals surface area contributed by atoms with Crippen molar-refractivity contribution in [1.82, 2.24) is 0 Å². The first-order valence-corrected chi connectivity index (χ1v) is 4.74. The lowest BCUT2D eigenvalue weighted by Gasteiger charge is -2.32. The number of hydrogen-bond acceptors (Lipinski definition) is 3. The summed E-state index contributed by atoms with van der Waals surface area (Å²) in [6.07, 6.45) is -0.828. The van der Waals surface area contributed by atoms with Crippen LogP contribution in [0.15, 0.2) is 24.3 Å². The molecular weight excluding hydrogens is 178 g/mol. The zero-order valence-corrected chi connectivity index (χ0v) is 8.69. The van der Waals surface area contributed by atoms with Crippen LogP contribution in [0.5, 0.6) is 0 Å². The molecule has 2 rings (SSSR count). The van der Waals surface area contributed by atoms with Gasteiger partial charge in [-0.05, 0) is 26.8 Å². The number of anilines is 1. The summed E-state index contributed by atoms with van der Waals surface area (Å²) in [6, 6.07) is 7.68. The maximum absolute atomic E-state index is 9.65. The molecule has 14 heavy (non-hydrogen) atoms. The van der Waals surface area contributed by atoms with E-state index in [1.807, 2.05) is 45.0 Å². The Morgan fingerprint density at radius 3 is 2.57 bits per heavy atom. The Labute approximate surface area is 83.9 Å². The molecule has 3 heteroatoms. The fourth-order valence-electron chi connectivity index (χ4n) is 1.61. The number of rotatable bonds is 0. The number of aliphatic hydroxyl groups is 1. The number of aliphatic hydroxyl groups excluding tert-OH is 1. The van der Waals surface area contributed by atoms with Gasteiger partial charge in [-0.1, -0.05) is 18.2 Å². The smallest absolute Gasteiger partial charge is 0.209 e. The van der Waals surface area contributed by atoms with Crippen LogP contribution in [0.4, 0.5) is 5.69 Å². The first-order valence-electron chi connectivity index (χ1n) is 4.74. The monoisotopic (exact) mass is 193 g/mol. The Morgan fingerprint density at radius 2 is 1.93 bits per heavy atom. The third-order valence-corrected chi connectivity index (χ3v) is 2.24. The summed E-state index contributed by atoms with van der Waals surface area (Å²) in [5, 5.41) is 11.4. The van der Waals surface area contributed by atoms with Gasteiger partial charge in [-0.25, -0.2) is 9.90 Å². The lowest BCUT2D eigenvalue weighted by Crippen LogP contribution is -2.39. The van der Waals surface area contributed by atoms with Crippen LogP contribution in [0.25, 0.3) is 0 Å². The van der Waals surface area contributed by atoms with Crippen molar-refractivity contribution < 1.29 is 9.94 Å². The highest BCUT2D eigenvalue weighted by Crippen LogP contribution is 2.39. The molecule has 0 saturated heterocycles. The van der Waals surface area contributed by atoms with Crippen molar-refractivity contribution in [3.63, 3.8) is 0 Å². The normalized spacial score (nSPS) is 21.1. The van der Waals surface area contributed by atoms with Gasteiger partial charge < -0.3 is 5.11 Å². The minimum absolute atomic E-state index is 0.145. The number of hydrogen-bond donors (Lipinski definition) is 1. The van der Waals surface area contributed by atoms with E-state index in [-0.39, 0.29) is 5.54 Å². The van der Waals surface area contributed by atoms with Gasteiger partial charge in [-0.2, -0.15) is 0 Å². The van der Waals surface area contributed by atoms with E-state index in [1.165, 1.54) is 0 Å². The third-order valence-electron chi connectivity index (χ3n) is 2.24.